The van der Waals surface area contributed by atoms with Crippen LogP contribution >= 0.6 is 0 Å². The second kappa shape index (κ2) is 9.17. The lowest BCUT2D eigenvalue weighted by molar-refractivity contribution is 0.439. The zero-order chi connectivity index (χ0) is 24.6. The van der Waals surface area contributed by atoms with E-state index in [1.165, 1.54) is 42.8 Å². The van der Waals surface area contributed by atoms with Crippen molar-refractivity contribution in [2.45, 2.75) is 59.6 Å². The number of fused-ring (bicyclic) bond motifs is 1. The van der Waals surface area contributed by atoms with Crippen LogP contribution in [0, 0.1) is 6.92 Å². The molecule has 2 heterocycles. The van der Waals surface area contributed by atoms with Crippen molar-refractivity contribution < 1.29 is 21.0 Å². The van der Waals surface area contributed by atoms with Gasteiger partial charge in [-0.25, -0.2) is 8.42 Å². The Morgan fingerprint density at radius 3 is 2.14 bits per heavy atom. The van der Waals surface area contributed by atoms with Crippen LogP contribution in [0.4, 0.5) is 0 Å². The number of nitrogens with zero attached hydrogens (tertiary/aromatic N) is 1. The van der Waals surface area contributed by atoms with Gasteiger partial charge in [-0.2, -0.15) is 8.42 Å². The molecule has 0 saturated heterocycles. The van der Waals surface area contributed by atoms with Gasteiger partial charge in [-0.15, -0.1) is 0 Å². The Morgan fingerprint density at radius 2 is 1.46 bits per heavy atom. The van der Waals surface area contributed by atoms with Crippen LogP contribution in [0.3, 0.4) is 0 Å². The van der Waals surface area contributed by atoms with E-state index >= 15 is 0 Å². The third kappa shape index (κ3) is 4.60. The maximum Gasteiger partial charge on any atom is 0.339 e. The number of sulfone groups is 1. The van der Waals surface area contributed by atoms with Gasteiger partial charge < -0.3 is 8.58 Å². The average molecular weight is 510 g/mol. The number of aromatic nitrogens is 1. The molecular weight excluding hydrogens is 482 g/mol. The van der Waals surface area contributed by atoms with E-state index in [0.29, 0.717) is 10.4 Å². The number of hydrogen-bond donors (Lipinski definition) is 0. The number of pyridine rings is 1. The molecule has 1 saturated carbocycles. The van der Waals surface area contributed by atoms with Crippen LogP contribution in [-0.4, -0.2) is 21.2 Å². The van der Waals surface area contributed by atoms with E-state index in [4.69, 9.17) is 4.18 Å². The maximum atomic E-state index is 13.8. The van der Waals surface area contributed by atoms with Gasteiger partial charge in [0.1, 0.15) is 15.5 Å². The molecule has 35 heavy (non-hydrogen) atoms. The van der Waals surface area contributed by atoms with Gasteiger partial charge in [-0.05, 0) is 79.8 Å². The van der Waals surface area contributed by atoms with Crippen molar-refractivity contribution in [1.82, 2.24) is 4.40 Å². The first-order valence-electron chi connectivity index (χ1n) is 11.7. The van der Waals surface area contributed by atoms with Crippen molar-refractivity contribution in [2.24, 2.45) is 0 Å². The molecule has 5 rings (SSSR count). The molecular formula is C27H27NO5S2. The molecule has 1 fully saturated rings. The van der Waals surface area contributed by atoms with Crippen molar-refractivity contribution in [2.75, 3.05) is 0 Å². The summed E-state index contributed by atoms with van der Waals surface area (Å²) in [5, 5.41) is 0. The Kier molecular flexibility index (Phi) is 6.19. The van der Waals surface area contributed by atoms with Gasteiger partial charge >= 0.3 is 10.1 Å². The second-order valence-corrected chi connectivity index (χ2v) is 12.5. The van der Waals surface area contributed by atoms with Gasteiger partial charge in [-0.3, -0.25) is 0 Å². The first-order chi connectivity index (χ1) is 16.8. The van der Waals surface area contributed by atoms with Crippen LogP contribution in [0.5, 0.6) is 5.75 Å². The maximum absolute atomic E-state index is 13.8. The highest BCUT2D eigenvalue weighted by Gasteiger charge is 2.30. The SMILES string of the molecule is Cc1ccc(S(=O)(=O)Oc2ccc(S(=O)(=O)c3c(C4CCCCC4)cn4ccccc34)cc2)cc1. The van der Waals surface area contributed by atoms with Crippen molar-refractivity contribution in [3.63, 3.8) is 0 Å². The predicted octanol–water partition coefficient (Wildman–Crippen LogP) is 5.90. The van der Waals surface area contributed by atoms with Crippen molar-refractivity contribution in [3.05, 3.63) is 90.3 Å². The van der Waals surface area contributed by atoms with E-state index in [1.54, 1.807) is 12.1 Å². The molecule has 4 aromatic rings. The highest BCUT2D eigenvalue weighted by molar-refractivity contribution is 7.91. The van der Waals surface area contributed by atoms with Crippen LogP contribution in [-0.2, 0) is 20.0 Å². The van der Waals surface area contributed by atoms with Crippen molar-refractivity contribution in [3.8, 4) is 5.75 Å². The van der Waals surface area contributed by atoms with Crippen LogP contribution in [0.2, 0.25) is 0 Å². The fraction of sp³-hybridized carbons (Fsp3) is 0.259. The normalized spacial score (nSPS) is 15.3. The third-order valence-corrected chi connectivity index (χ3v) is 9.76. The lowest BCUT2D eigenvalue weighted by Crippen LogP contribution is -2.11. The quantitative estimate of drug-likeness (QED) is 0.303. The summed E-state index contributed by atoms with van der Waals surface area (Å²) in [5.41, 5.74) is 2.44. The first kappa shape index (κ1) is 23.6. The zero-order valence-corrected chi connectivity index (χ0v) is 21.1. The second-order valence-electron chi connectivity index (χ2n) is 9.07. The summed E-state index contributed by atoms with van der Waals surface area (Å²) >= 11 is 0. The molecule has 0 spiro atoms. The lowest BCUT2D eigenvalue weighted by Gasteiger charge is -2.22. The highest BCUT2D eigenvalue weighted by Crippen LogP contribution is 2.40. The van der Waals surface area contributed by atoms with Crippen LogP contribution < -0.4 is 4.18 Å². The number of hydrogen-bond acceptors (Lipinski definition) is 5. The minimum absolute atomic E-state index is 0.0391. The summed E-state index contributed by atoms with van der Waals surface area (Å²) in [7, 11) is -7.87. The Hall–Kier alpha value is -3.10. The minimum Gasteiger partial charge on any atom is -0.379 e. The van der Waals surface area contributed by atoms with Gasteiger partial charge in [-0.1, -0.05) is 43.0 Å². The summed E-state index contributed by atoms with van der Waals surface area (Å²) in [5.74, 6) is 0.259. The van der Waals surface area contributed by atoms with E-state index in [-0.39, 0.29) is 21.5 Å². The average Bonchev–Trinajstić information content (AvgIpc) is 3.26. The topological polar surface area (TPSA) is 81.9 Å². The van der Waals surface area contributed by atoms with E-state index in [0.717, 1.165) is 36.8 Å². The molecule has 182 valence electrons. The largest absolute Gasteiger partial charge is 0.379 e. The molecule has 0 bridgehead atoms. The molecule has 0 unspecified atom stereocenters. The molecule has 8 heteroatoms. The molecule has 0 radical (unpaired) electrons. The molecule has 2 aromatic carbocycles. The lowest BCUT2D eigenvalue weighted by atomic mass is 9.85. The van der Waals surface area contributed by atoms with Gasteiger partial charge in [0.2, 0.25) is 9.84 Å². The molecule has 6 nitrogen and oxygen atoms in total. The highest BCUT2D eigenvalue weighted by atomic mass is 32.2. The Bertz CT molecular complexity index is 1560. The molecule has 0 aliphatic heterocycles. The van der Waals surface area contributed by atoms with Crippen LogP contribution in [0.15, 0.2) is 93.8 Å². The third-order valence-electron chi connectivity index (χ3n) is 6.63. The standard InChI is InChI=1S/C27H27NO5S2/c1-20-10-14-24(15-11-20)35(31,32)33-22-12-16-23(17-13-22)34(29,30)27-25(21-7-3-2-4-8-21)19-28-18-6-5-9-26(27)28/h5-6,9-19,21H,2-4,7-8H2,1H3. The van der Waals surface area contributed by atoms with Crippen molar-refractivity contribution in [1.29, 1.82) is 0 Å². The predicted molar refractivity (Wildman–Crippen MR) is 134 cm³/mol. The number of benzene rings is 2. The summed E-state index contributed by atoms with van der Waals surface area (Å²) in [6, 6.07) is 17.5. The molecule has 2 aromatic heterocycles. The minimum atomic E-state index is -4.02. The number of aryl methyl sites for hydroxylation is 1. The Labute approximate surface area is 206 Å². The van der Waals surface area contributed by atoms with E-state index in [1.807, 2.05) is 41.9 Å². The van der Waals surface area contributed by atoms with Gasteiger partial charge in [0.15, 0.2) is 0 Å². The summed E-state index contributed by atoms with van der Waals surface area (Å²) in [6.07, 6.45) is 9.14. The van der Waals surface area contributed by atoms with Gasteiger partial charge in [0, 0.05) is 12.4 Å². The van der Waals surface area contributed by atoms with E-state index in [2.05, 4.69) is 0 Å². The fourth-order valence-corrected chi connectivity index (χ4v) is 7.43. The monoisotopic (exact) mass is 509 g/mol. The summed E-state index contributed by atoms with van der Waals surface area (Å²) in [6.45, 7) is 1.87. The summed E-state index contributed by atoms with van der Waals surface area (Å²) in [4.78, 5) is 0.481. The van der Waals surface area contributed by atoms with Gasteiger partial charge in [0.05, 0.1) is 10.4 Å². The molecule has 1 aliphatic rings. The molecule has 0 atom stereocenters. The van der Waals surface area contributed by atoms with E-state index < -0.39 is 20.0 Å². The zero-order valence-electron chi connectivity index (χ0n) is 19.4. The molecule has 1 aliphatic carbocycles. The Morgan fingerprint density at radius 1 is 0.800 bits per heavy atom. The van der Waals surface area contributed by atoms with Gasteiger partial charge in [0.25, 0.3) is 0 Å². The smallest absolute Gasteiger partial charge is 0.339 e. The van der Waals surface area contributed by atoms with Crippen LogP contribution in [0.25, 0.3) is 5.52 Å². The fourth-order valence-electron chi connectivity index (χ4n) is 4.79. The van der Waals surface area contributed by atoms with Crippen molar-refractivity contribution >= 4 is 25.5 Å². The molecule has 0 N–H and O–H groups in total. The first-order valence-corrected chi connectivity index (χ1v) is 14.6. The van der Waals surface area contributed by atoms with E-state index in [9.17, 15) is 16.8 Å². The summed E-state index contributed by atoms with van der Waals surface area (Å²) < 4.78 is 60.0. The molecule has 0 amide bonds. The Balaban J connectivity index is 1.49. The number of rotatable bonds is 6. The van der Waals surface area contributed by atoms with Crippen LogP contribution in [0.1, 0.15) is 49.1 Å².